The minimum absolute atomic E-state index is 0.0233. The maximum absolute atomic E-state index is 12.3. The van der Waals surface area contributed by atoms with Crippen LogP contribution in [0.25, 0.3) is 5.57 Å². The number of rotatable bonds is 4. The van der Waals surface area contributed by atoms with Crippen LogP contribution in [0.2, 0.25) is 0 Å². The summed E-state index contributed by atoms with van der Waals surface area (Å²) in [5, 5.41) is 12.4. The van der Waals surface area contributed by atoms with Crippen molar-refractivity contribution >= 4 is 17.2 Å². The lowest BCUT2D eigenvalue weighted by atomic mass is 9.99. The van der Waals surface area contributed by atoms with Crippen LogP contribution in [-0.2, 0) is 4.79 Å². The van der Waals surface area contributed by atoms with Crippen molar-refractivity contribution < 1.29 is 9.90 Å². The Bertz CT molecular complexity index is 794. The molecular weight excluding hydrogens is 312 g/mol. The molecule has 1 aliphatic rings. The van der Waals surface area contributed by atoms with Crippen LogP contribution in [0, 0.1) is 13.8 Å². The molecule has 0 saturated carbocycles. The molecule has 0 bridgehead atoms. The molecule has 1 aliphatic heterocycles. The summed E-state index contributed by atoms with van der Waals surface area (Å²) in [6, 6.07) is 13.2. The minimum Gasteiger partial charge on any atom is -0.508 e. The zero-order valence-electron chi connectivity index (χ0n) is 14.7. The van der Waals surface area contributed by atoms with Gasteiger partial charge < -0.3 is 10.4 Å². The molecule has 0 radical (unpaired) electrons. The van der Waals surface area contributed by atoms with Gasteiger partial charge in [0.15, 0.2) is 0 Å². The third kappa shape index (κ3) is 4.28. The second-order valence-electron chi connectivity index (χ2n) is 6.56. The van der Waals surface area contributed by atoms with Crippen molar-refractivity contribution in [3.8, 4) is 5.75 Å². The predicted octanol–water partition coefficient (Wildman–Crippen LogP) is 3.74. The van der Waals surface area contributed by atoms with Crippen LogP contribution < -0.4 is 5.32 Å². The molecule has 2 aromatic carbocycles. The number of anilines is 1. The fourth-order valence-electron chi connectivity index (χ4n) is 3.07. The predicted molar refractivity (Wildman–Crippen MR) is 102 cm³/mol. The fraction of sp³-hybridized carbons (Fsp3) is 0.286. The number of benzene rings is 2. The molecule has 2 N–H and O–H groups in total. The Morgan fingerprint density at radius 2 is 1.92 bits per heavy atom. The standard InChI is InChI=1S/C21H24N2O2/c1-15-4-3-5-20(16(15)2)22-21(25)14-23-12-10-18(11-13-23)17-6-8-19(24)9-7-17/h3-10,24H,11-14H2,1-2H3,(H,22,25). The van der Waals surface area contributed by atoms with E-state index in [2.05, 4.69) is 16.3 Å². The molecule has 4 nitrogen and oxygen atoms in total. The van der Waals surface area contributed by atoms with Crippen LogP contribution in [-0.4, -0.2) is 35.5 Å². The quantitative estimate of drug-likeness (QED) is 0.894. The van der Waals surface area contributed by atoms with Crippen molar-refractivity contribution in [3.63, 3.8) is 0 Å². The highest BCUT2D eigenvalue weighted by Crippen LogP contribution is 2.24. The Morgan fingerprint density at radius 3 is 2.60 bits per heavy atom. The summed E-state index contributed by atoms with van der Waals surface area (Å²) in [6.45, 7) is 6.08. The van der Waals surface area contributed by atoms with Gasteiger partial charge in [0.05, 0.1) is 6.54 Å². The normalized spacial score (nSPS) is 14.9. The maximum atomic E-state index is 12.3. The molecule has 1 amide bonds. The van der Waals surface area contributed by atoms with Crippen molar-refractivity contribution in [2.75, 3.05) is 25.0 Å². The summed E-state index contributed by atoms with van der Waals surface area (Å²) < 4.78 is 0. The summed E-state index contributed by atoms with van der Waals surface area (Å²) in [5.74, 6) is 0.306. The van der Waals surface area contributed by atoms with E-state index in [1.807, 2.05) is 44.2 Å². The van der Waals surface area contributed by atoms with Gasteiger partial charge in [-0.3, -0.25) is 9.69 Å². The lowest BCUT2D eigenvalue weighted by Gasteiger charge is -2.26. The van der Waals surface area contributed by atoms with Gasteiger partial charge in [0.1, 0.15) is 5.75 Å². The number of carbonyl (C=O) groups excluding carboxylic acids is 1. The Labute approximate surface area is 148 Å². The summed E-state index contributed by atoms with van der Waals surface area (Å²) >= 11 is 0. The summed E-state index contributed by atoms with van der Waals surface area (Å²) in [4.78, 5) is 14.5. The number of phenolic OH excluding ortho intramolecular Hbond substituents is 1. The Kier molecular flexibility index (Phi) is 5.19. The third-order valence-corrected chi connectivity index (χ3v) is 4.78. The SMILES string of the molecule is Cc1cccc(NC(=O)CN2CC=C(c3ccc(O)cc3)CC2)c1C. The van der Waals surface area contributed by atoms with E-state index in [4.69, 9.17) is 0 Å². The van der Waals surface area contributed by atoms with Gasteiger partial charge in [-0.2, -0.15) is 0 Å². The monoisotopic (exact) mass is 336 g/mol. The maximum Gasteiger partial charge on any atom is 0.238 e. The first-order valence-corrected chi connectivity index (χ1v) is 8.60. The molecule has 0 aliphatic carbocycles. The number of hydrogen-bond acceptors (Lipinski definition) is 3. The van der Waals surface area contributed by atoms with Crippen LogP contribution in [0.15, 0.2) is 48.5 Å². The minimum atomic E-state index is 0.0233. The summed E-state index contributed by atoms with van der Waals surface area (Å²) in [5.41, 5.74) is 5.59. The zero-order chi connectivity index (χ0) is 17.8. The second kappa shape index (κ2) is 7.53. The molecule has 0 atom stereocenters. The molecule has 2 aromatic rings. The van der Waals surface area contributed by atoms with Crippen LogP contribution in [0.1, 0.15) is 23.1 Å². The van der Waals surface area contributed by atoms with Gasteiger partial charge in [-0.05, 0) is 60.7 Å². The van der Waals surface area contributed by atoms with Crippen LogP contribution in [0.4, 0.5) is 5.69 Å². The summed E-state index contributed by atoms with van der Waals surface area (Å²) in [6.07, 6.45) is 3.07. The van der Waals surface area contributed by atoms with Crippen LogP contribution >= 0.6 is 0 Å². The van der Waals surface area contributed by atoms with E-state index < -0.39 is 0 Å². The van der Waals surface area contributed by atoms with Crippen LogP contribution in [0.5, 0.6) is 5.75 Å². The fourth-order valence-corrected chi connectivity index (χ4v) is 3.07. The molecular formula is C21H24N2O2. The van der Waals surface area contributed by atoms with Gasteiger partial charge in [-0.25, -0.2) is 0 Å². The van der Waals surface area contributed by atoms with Gasteiger partial charge >= 0.3 is 0 Å². The number of hydrogen-bond donors (Lipinski definition) is 2. The Balaban J connectivity index is 1.57. The largest absolute Gasteiger partial charge is 0.508 e. The molecule has 4 heteroatoms. The number of phenols is 1. The van der Waals surface area contributed by atoms with Crippen molar-refractivity contribution in [2.24, 2.45) is 0 Å². The van der Waals surface area contributed by atoms with Gasteiger partial charge in [-0.15, -0.1) is 0 Å². The molecule has 1 heterocycles. The highest BCUT2D eigenvalue weighted by Gasteiger charge is 2.16. The van der Waals surface area contributed by atoms with Crippen LogP contribution in [0.3, 0.4) is 0 Å². The first-order valence-electron chi connectivity index (χ1n) is 8.60. The molecule has 0 unspecified atom stereocenters. The lowest BCUT2D eigenvalue weighted by molar-refractivity contribution is -0.117. The smallest absolute Gasteiger partial charge is 0.238 e. The number of amides is 1. The highest BCUT2D eigenvalue weighted by molar-refractivity contribution is 5.93. The molecule has 0 saturated heterocycles. The average Bonchev–Trinajstić information content (AvgIpc) is 2.60. The topological polar surface area (TPSA) is 52.6 Å². The van der Waals surface area contributed by atoms with Gasteiger partial charge in [0.25, 0.3) is 0 Å². The second-order valence-corrected chi connectivity index (χ2v) is 6.56. The number of aromatic hydroxyl groups is 1. The van der Waals surface area contributed by atoms with Crippen molar-refractivity contribution in [3.05, 3.63) is 65.2 Å². The number of nitrogens with zero attached hydrogens (tertiary/aromatic N) is 1. The van der Waals surface area contributed by atoms with Crippen molar-refractivity contribution in [1.82, 2.24) is 4.90 Å². The summed E-state index contributed by atoms with van der Waals surface area (Å²) in [7, 11) is 0. The van der Waals surface area contributed by atoms with Crippen molar-refractivity contribution in [2.45, 2.75) is 20.3 Å². The van der Waals surface area contributed by atoms with E-state index in [1.165, 1.54) is 11.1 Å². The van der Waals surface area contributed by atoms with Gasteiger partial charge in [0, 0.05) is 18.8 Å². The average molecular weight is 336 g/mol. The lowest BCUT2D eigenvalue weighted by Crippen LogP contribution is -2.36. The van der Waals surface area contributed by atoms with Gasteiger partial charge in [-0.1, -0.05) is 30.3 Å². The molecule has 130 valence electrons. The van der Waals surface area contributed by atoms with E-state index in [1.54, 1.807) is 12.1 Å². The molecule has 0 fully saturated rings. The third-order valence-electron chi connectivity index (χ3n) is 4.78. The first kappa shape index (κ1) is 17.2. The number of aryl methyl sites for hydroxylation is 1. The Hall–Kier alpha value is -2.59. The van der Waals surface area contributed by atoms with E-state index in [0.29, 0.717) is 6.54 Å². The molecule has 25 heavy (non-hydrogen) atoms. The van der Waals surface area contributed by atoms with Crippen molar-refractivity contribution in [1.29, 1.82) is 0 Å². The highest BCUT2D eigenvalue weighted by atomic mass is 16.3. The Morgan fingerprint density at radius 1 is 1.16 bits per heavy atom. The molecule has 0 spiro atoms. The number of nitrogens with one attached hydrogen (secondary N) is 1. The molecule has 3 rings (SSSR count). The number of carbonyl (C=O) groups is 1. The first-order chi connectivity index (χ1) is 12.0. The van der Waals surface area contributed by atoms with E-state index in [0.717, 1.165) is 36.3 Å². The molecule has 0 aromatic heterocycles. The van der Waals surface area contributed by atoms with E-state index in [9.17, 15) is 9.90 Å². The zero-order valence-corrected chi connectivity index (χ0v) is 14.7. The van der Waals surface area contributed by atoms with E-state index >= 15 is 0 Å². The van der Waals surface area contributed by atoms with Gasteiger partial charge in [0.2, 0.25) is 5.91 Å². The van der Waals surface area contributed by atoms with E-state index in [-0.39, 0.29) is 11.7 Å².